The fraction of sp³-hybridized carbons (Fsp3) is 0.571. The van der Waals surface area contributed by atoms with Crippen molar-refractivity contribution in [3.8, 4) is 0 Å². The van der Waals surface area contributed by atoms with Crippen LogP contribution >= 0.6 is 0 Å². The van der Waals surface area contributed by atoms with Crippen LogP contribution in [0, 0.1) is 0 Å². The Labute approximate surface area is 125 Å². The number of likely N-dealkylation sites (tertiary alicyclic amines) is 1. The van der Waals surface area contributed by atoms with Gasteiger partial charge in [-0.25, -0.2) is 8.78 Å². The van der Waals surface area contributed by atoms with Crippen LogP contribution in [0.4, 0.5) is 17.6 Å². The molecule has 0 N–H and O–H groups in total. The van der Waals surface area contributed by atoms with Crippen LogP contribution in [0.1, 0.15) is 24.6 Å². The van der Waals surface area contributed by atoms with Gasteiger partial charge in [0.15, 0.2) is 0 Å². The summed E-state index contributed by atoms with van der Waals surface area (Å²) in [6.07, 6.45) is -0.720. The van der Waals surface area contributed by atoms with Gasteiger partial charge in [0.05, 0.1) is 11.7 Å². The highest BCUT2D eigenvalue weighted by atomic mass is 19.3. The summed E-state index contributed by atoms with van der Waals surface area (Å²) in [5.74, 6) is -4.75. The van der Waals surface area contributed by atoms with Crippen LogP contribution in [0.2, 0.25) is 0 Å². The Morgan fingerprint density at radius 1 is 1.45 bits per heavy atom. The van der Waals surface area contributed by atoms with Gasteiger partial charge in [-0.1, -0.05) is 6.07 Å². The molecule has 1 saturated heterocycles. The molecular formula is C14H16F4N2O2. The van der Waals surface area contributed by atoms with Crippen LogP contribution in [-0.2, 0) is 9.53 Å². The summed E-state index contributed by atoms with van der Waals surface area (Å²) in [5.41, 5.74) is 0.714. The third-order valence-electron chi connectivity index (χ3n) is 3.44. The van der Waals surface area contributed by atoms with Crippen molar-refractivity contribution in [2.24, 2.45) is 0 Å². The predicted octanol–water partition coefficient (Wildman–Crippen LogP) is 2.66. The van der Waals surface area contributed by atoms with E-state index in [9.17, 15) is 22.4 Å². The summed E-state index contributed by atoms with van der Waals surface area (Å²) in [6.45, 7) is -1.65. The predicted molar refractivity (Wildman–Crippen MR) is 69.7 cm³/mol. The Morgan fingerprint density at radius 2 is 2.23 bits per heavy atom. The van der Waals surface area contributed by atoms with Gasteiger partial charge in [-0.3, -0.25) is 9.78 Å². The summed E-state index contributed by atoms with van der Waals surface area (Å²) in [4.78, 5) is 17.7. The third-order valence-corrected chi connectivity index (χ3v) is 3.44. The number of hydrogen-bond acceptors (Lipinski definition) is 3. The van der Waals surface area contributed by atoms with Crippen molar-refractivity contribution in [2.45, 2.75) is 31.2 Å². The first-order valence-electron chi connectivity index (χ1n) is 6.86. The van der Waals surface area contributed by atoms with E-state index in [0.717, 1.165) is 12.8 Å². The maximum absolute atomic E-state index is 12.7. The topological polar surface area (TPSA) is 42.4 Å². The van der Waals surface area contributed by atoms with Crippen molar-refractivity contribution in [1.82, 2.24) is 9.88 Å². The monoisotopic (exact) mass is 320 g/mol. The van der Waals surface area contributed by atoms with Crippen molar-refractivity contribution in [2.75, 3.05) is 19.8 Å². The zero-order chi connectivity index (χ0) is 16.2. The van der Waals surface area contributed by atoms with Gasteiger partial charge >= 0.3 is 12.3 Å². The fourth-order valence-corrected chi connectivity index (χ4v) is 2.37. The van der Waals surface area contributed by atoms with E-state index < -0.39 is 31.5 Å². The summed E-state index contributed by atoms with van der Waals surface area (Å²) in [7, 11) is 0. The number of carbonyl (C=O) groups is 1. The van der Waals surface area contributed by atoms with Crippen LogP contribution in [-0.4, -0.2) is 47.9 Å². The molecule has 0 aliphatic carbocycles. The average molecular weight is 320 g/mol. The number of rotatable bonds is 6. The molecule has 1 aliphatic heterocycles. The number of halogens is 4. The number of nitrogens with zero attached hydrogens (tertiary/aromatic N) is 2. The van der Waals surface area contributed by atoms with Crippen LogP contribution in [0.15, 0.2) is 24.4 Å². The van der Waals surface area contributed by atoms with Gasteiger partial charge in [-0.05, 0) is 25.0 Å². The Hall–Kier alpha value is -1.70. The maximum atomic E-state index is 12.7. The molecule has 2 rings (SSSR count). The Kier molecular flexibility index (Phi) is 5.33. The summed E-state index contributed by atoms with van der Waals surface area (Å²) in [5, 5.41) is 0. The second kappa shape index (κ2) is 7.04. The smallest absolute Gasteiger partial charge is 0.330 e. The summed E-state index contributed by atoms with van der Waals surface area (Å²) >= 11 is 0. The van der Waals surface area contributed by atoms with Crippen LogP contribution in [0.5, 0.6) is 0 Å². The molecule has 0 spiro atoms. The van der Waals surface area contributed by atoms with Crippen molar-refractivity contribution in [3.63, 3.8) is 0 Å². The second-order valence-corrected chi connectivity index (χ2v) is 5.05. The highest BCUT2D eigenvalue weighted by Gasteiger charge is 2.41. The lowest BCUT2D eigenvalue weighted by molar-refractivity contribution is -0.171. The molecule has 0 radical (unpaired) electrons. The molecule has 2 heterocycles. The lowest BCUT2D eigenvalue weighted by atomic mass is 10.1. The molecule has 1 atom stereocenters. The Bertz CT molecular complexity index is 499. The summed E-state index contributed by atoms with van der Waals surface area (Å²) < 4.78 is 53.9. The minimum atomic E-state index is -4.24. The first-order chi connectivity index (χ1) is 10.4. The van der Waals surface area contributed by atoms with E-state index in [1.807, 2.05) is 0 Å². The highest BCUT2D eigenvalue weighted by molar-refractivity contribution is 5.78. The number of carbonyl (C=O) groups excluding carboxylic acids is 1. The SMILES string of the molecule is O=C(COCC(F)(F)C(F)F)N1CCCC1c1ccccn1. The molecule has 1 unspecified atom stereocenters. The van der Waals surface area contributed by atoms with E-state index in [0.29, 0.717) is 12.2 Å². The number of aromatic nitrogens is 1. The molecule has 122 valence electrons. The molecular weight excluding hydrogens is 304 g/mol. The van der Waals surface area contributed by atoms with Crippen molar-refractivity contribution in [3.05, 3.63) is 30.1 Å². The molecule has 1 fully saturated rings. The van der Waals surface area contributed by atoms with E-state index in [2.05, 4.69) is 9.72 Å². The van der Waals surface area contributed by atoms with Crippen molar-refractivity contribution >= 4 is 5.91 Å². The molecule has 4 nitrogen and oxygen atoms in total. The van der Waals surface area contributed by atoms with Gasteiger partial charge in [0.25, 0.3) is 0 Å². The van der Waals surface area contributed by atoms with E-state index in [-0.39, 0.29) is 6.04 Å². The highest BCUT2D eigenvalue weighted by Crippen LogP contribution is 2.30. The standard InChI is InChI=1S/C14H16F4N2O2/c15-13(16)14(17,18)9-22-8-12(21)20-7-3-5-11(20)10-4-1-2-6-19-10/h1-2,4,6,11,13H,3,5,7-9H2. The van der Waals surface area contributed by atoms with E-state index in [4.69, 9.17) is 0 Å². The molecule has 22 heavy (non-hydrogen) atoms. The Balaban J connectivity index is 1.89. The van der Waals surface area contributed by atoms with Gasteiger partial charge in [0.1, 0.15) is 13.2 Å². The third kappa shape index (κ3) is 3.94. The van der Waals surface area contributed by atoms with Crippen LogP contribution in [0.25, 0.3) is 0 Å². The van der Waals surface area contributed by atoms with Gasteiger partial charge < -0.3 is 9.64 Å². The Morgan fingerprint density at radius 3 is 2.86 bits per heavy atom. The number of pyridine rings is 1. The first kappa shape index (κ1) is 16.7. The minimum Gasteiger partial charge on any atom is -0.365 e. The maximum Gasteiger partial charge on any atom is 0.330 e. The molecule has 0 saturated carbocycles. The van der Waals surface area contributed by atoms with E-state index in [1.165, 1.54) is 4.90 Å². The fourth-order valence-electron chi connectivity index (χ4n) is 2.37. The second-order valence-electron chi connectivity index (χ2n) is 5.05. The molecule has 1 aromatic rings. The lowest BCUT2D eigenvalue weighted by Gasteiger charge is -2.24. The quantitative estimate of drug-likeness (QED) is 0.757. The largest absolute Gasteiger partial charge is 0.365 e. The normalized spacial score (nSPS) is 19.0. The van der Waals surface area contributed by atoms with Gasteiger partial charge in [0.2, 0.25) is 5.91 Å². The van der Waals surface area contributed by atoms with Crippen LogP contribution in [0.3, 0.4) is 0 Å². The van der Waals surface area contributed by atoms with Gasteiger partial charge in [-0.15, -0.1) is 0 Å². The lowest BCUT2D eigenvalue weighted by Crippen LogP contribution is -2.37. The number of ether oxygens (including phenoxy) is 1. The van der Waals surface area contributed by atoms with Crippen LogP contribution < -0.4 is 0 Å². The molecule has 0 aromatic carbocycles. The minimum absolute atomic E-state index is 0.229. The van der Waals surface area contributed by atoms with Crippen molar-refractivity contribution in [1.29, 1.82) is 0 Å². The molecule has 8 heteroatoms. The molecule has 1 aromatic heterocycles. The number of amides is 1. The molecule has 0 bridgehead atoms. The zero-order valence-corrected chi connectivity index (χ0v) is 11.7. The molecule has 1 amide bonds. The molecule has 1 aliphatic rings. The van der Waals surface area contributed by atoms with Gasteiger partial charge in [0, 0.05) is 12.7 Å². The van der Waals surface area contributed by atoms with Crippen molar-refractivity contribution < 1.29 is 27.1 Å². The summed E-state index contributed by atoms with van der Waals surface area (Å²) in [6, 6.07) is 5.10. The first-order valence-corrected chi connectivity index (χ1v) is 6.86. The average Bonchev–Trinajstić information content (AvgIpc) is 2.97. The van der Waals surface area contributed by atoms with E-state index in [1.54, 1.807) is 24.4 Å². The van der Waals surface area contributed by atoms with Gasteiger partial charge in [-0.2, -0.15) is 8.78 Å². The number of alkyl halides is 4. The zero-order valence-electron chi connectivity index (χ0n) is 11.7. The van der Waals surface area contributed by atoms with E-state index >= 15 is 0 Å². The number of hydrogen-bond donors (Lipinski definition) is 0.